The average Bonchev–Trinajstić information content (AvgIpc) is 2.14. The molecule has 0 atom stereocenters. The van der Waals surface area contributed by atoms with Gasteiger partial charge in [0.1, 0.15) is 11.6 Å². The topological polar surface area (TPSA) is 20.2 Å². The molecule has 0 aliphatic carbocycles. The van der Waals surface area contributed by atoms with Crippen molar-refractivity contribution in [3.8, 4) is 0 Å². The molecule has 0 heterocycles. The SMILES string of the molecule is CC.Cc1c(F)cc(F)cc1CO. The second-order valence-electron chi connectivity index (χ2n) is 2.33. The van der Waals surface area contributed by atoms with E-state index >= 15 is 0 Å². The normalized spacial score (nSPS) is 9.08. The van der Waals surface area contributed by atoms with E-state index in [1.165, 1.54) is 6.92 Å². The minimum atomic E-state index is -0.655. The van der Waals surface area contributed by atoms with Crippen LogP contribution in [0.5, 0.6) is 0 Å². The maximum atomic E-state index is 12.7. The van der Waals surface area contributed by atoms with E-state index in [1.54, 1.807) is 0 Å². The van der Waals surface area contributed by atoms with Crippen molar-refractivity contribution < 1.29 is 13.9 Å². The van der Waals surface area contributed by atoms with Gasteiger partial charge in [-0.25, -0.2) is 8.78 Å². The second kappa shape index (κ2) is 5.65. The molecule has 1 aromatic carbocycles. The van der Waals surface area contributed by atoms with Crippen LogP contribution in [-0.4, -0.2) is 5.11 Å². The zero-order valence-corrected chi connectivity index (χ0v) is 8.06. The van der Waals surface area contributed by atoms with Crippen LogP contribution in [0.4, 0.5) is 8.78 Å². The van der Waals surface area contributed by atoms with Gasteiger partial charge in [0.25, 0.3) is 0 Å². The molecule has 0 radical (unpaired) electrons. The van der Waals surface area contributed by atoms with Crippen molar-refractivity contribution in [2.24, 2.45) is 0 Å². The molecule has 13 heavy (non-hydrogen) atoms. The van der Waals surface area contributed by atoms with E-state index in [0.717, 1.165) is 12.1 Å². The fourth-order valence-corrected chi connectivity index (χ4v) is 0.863. The van der Waals surface area contributed by atoms with Gasteiger partial charge in [0.05, 0.1) is 6.61 Å². The van der Waals surface area contributed by atoms with E-state index < -0.39 is 11.6 Å². The predicted molar refractivity (Wildman–Crippen MR) is 48.4 cm³/mol. The number of aliphatic hydroxyl groups is 1. The first kappa shape index (κ1) is 12.0. The van der Waals surface area contributed by atoms with Crippen LogP contribution in [0.25, 0.3) is 0 Å². The number of halogens is 2. The number of rotatable bonds is 1. The summed E-state index contributed by atoms with van der Waals surface area (Å²) in [6, 6.07) is 1.92. The maximum Gasteiger partial charge on any atom is 0.129 e. The van der Waals surface area contributed by atoms with Crippen LogP contribution >= 0.6 is 0 Å². The molecule has 1 aromatic rings. The first-order chi connectivity index (χ1) is 6.15. The van der Waals surface area contributed by atoms with E-state index in [4.69, 9.17) is 5.11 Å². The highest BCUT2D eigenvalue weighted by atomic mass is 19.1. The summed E-state index contributed by atoms with van der Waals surface area (Å²) in [5, 5.41) is 8.63. The highest BCUT2D eigenvalue weighted by Gasteiger charge is 2.05. The molecular formula is C10H14F2O. The lowest BCUT2D eigenvalue weighted by Crippen LogP contribution is -1.94. The van der Waals surface area contributed by atoms with Gasteiger partial charge in [-0.3, -0.25) is 0 Å². The van der Waals surface area contributed by atoms with Crippen LogP contribution < -0.4 is 0 Å². The molecule has 3 heteroatoms. The summed E-state index contributed by atoms with van der Waals surface area (Å²) in [6.45, 7) is 5.17. The van der Waals surface area contributed by atoms with Crippen LogP contribution in [0.2, 0.25) is 0 Å². The van der Waals surface area contributed by atoms with Gasteiger partial charge >= 0.3 is 0 Å². The van der Waals surface area contributed by atoms with Gasteiger partial charge in [-0.1, -0.05) is 13.8 Å². The van der Waals surface area contributed by atoms with Crippen molar-refractivity contribution >= 4 is 0 Å². The minimum absolute atomic E-state index is 0.294. The van der Waals surface area contributed by atoms with Crippen molar-refractivity contribution in [2.45, 2.75) is 27.4 Å². The smallest absolute Gasteiger partial charge is 0.129 e. The number of hydrogen-bond donors (Lipinski definition) is 1. The molecular weight excluding hydrogens is 174 g/mol. The highest BCUT2D eigenvalue weighted by molar-refractivity contribution is 5.27. The van der Waals surface area contributed by atoms with Crippen molar-refractivity contribution in [1.29, 1.82) is 0 Å². The first-order valence-electron chi connectivity index (χ1n) is 4.20. The Hall–Kier alpha value is -0.960. The summed E-state index contributed by atoms with van der Waals surface area (Å²) >= 11 is 0. The molecule has 74 valence electrons. The third-order valence-electron chi connectivity index (χ3n) is 1.59. The van der Waals surface area contributed by atoms with Crippen LogP contribution in [-0.2, 0) is 6.61 Å². The average molecular weight is 188 g/mol. The highest BCUT2D eigenvalue weighted by Crippen LogP contribution is 2.14. The van der Waals surface area contributed by atoms with Gasteiger partial charge in [0.15, 0.2) is 0 Å². The van der Waals surface area contributed by atoms with Gasteiger partial charge in [-0.05, 0) is 24.1 Å². The molecule has 0 spiro atoms. The quantitative estimate of drug-likeness (QED) is 0.718. The van der Waals surface area contributed by atoms with Crippen LogP contribution in [0, 0.1) is 18.6 Å². The summed E-state index contributed by atoms with van der Waals surface area (Å²) in [7, 11) is 0. The molecule has 0 unspecified atom stereocenters. The van der Waals surface area contributed by atoms with Gasteiger partial charge in [0.2, 0.25) is 0 Å². The molecule has 1 nitrogen and oxygen atoms in total. The number of hydrogen-bond acceptors (Lipinski definition) is 1. The Balaban J connectivity index is 0.000000671. The molecule has 1 N–H and O–H groups in total. The molecule has 0 saturated heterocycles. The zero-order chi connectivity index (χ0) is 10.4. The Morgan fingerprint density at radius 3 is 2.23 bits per heavy atom. The Labute approximate surface area is 77.0 Å². The van der Waals surface area contributed by atoms with Gasteiger partial charge in [0, 0.05) is 6.07 Å². The van der Waals surface area contributed by atoms with Crippen molar-refractivity contribution in [1.82, 2.24) is 0 Å². The summed E-state index contributed by atoms with van der Waals surface area (Å²) in [6.07, 6.45) is 0. The molecule has 0 amide bonds. The number of benzene rings is 1. The molecule has 0 aliphatic rings. The molecule has 0 saturated carbocycles. The Bertz CT molecular complexity index is 272. The molecule has 0 fully saturated rings. The van der Waals surface area contributed by atoms with Gasteiger partial charge in [-0.15, -0.1) is 0 Å². The standard InChI is InChI=1S/C8H8F2O.C2H6/c1-5-6(4-11)2-7(9)3-8(5)10;1-2/h2-3,11H,4H2,1H3;1-2H3. The fraction of sp³-hybridized carbons (Fsp3) is 0.400. The van der Waals surface area contributed by atoms with E-state index in [-0.39, 0.29) is 6.61 Å². The lowest BCUT2D eigenvalue weighted by Gasteiger charge is -2.02. The fourth-order valence-electron chi connectivity index (χ4n) is 0.863. The summed E-state index contributed by atoms with van der Waals surface area (Å²) in [5.74, 6) is -1.27. The largest absolute Gasteiger partial charge is 0.392 e. The van der Waals surface area contributed by atoms with Crippen molar-refractivity contribution in [2.75, 3.05) is 0 Å². The van der Waals surface area contributed by atoms with E-state index in [2.05, 4.69) is 0 Å². The Morgan fingerprint density at radius 1 is 1.23 bits per heavy atom. The van der Waals surface area contributed by atoms with Crippen LogP contribution in [0.15, 0.2) is 12.1 Å². The maximum absolute atomic E-state index is 12.7. The third-order valence-corrected chi connectivity index (χ3v) is 1.59. The Morgan fingerprint density at radius 2 is 1.77 bits per heavy atom. The lowest BCUT2D eigenvalue weighted by molar-refractivity contribution is 0.279. The van der Waals surface area contributed by atoms with Gasteiger partial charge < -0.3 is 5.11 Å². The molecule has 1 rings (SSSR count). The van der Waals surface area contributed by atoms with Crippen molar-refractivity contribution in [3.63, 3.8) is 0 Å². The Kier molecular flexibility index (Phi) is 5.23. The predicted octanol–water partition coefficient (Wildman–Crippen LogP) is 2.79. The monoisotopic (exact) mass is 188 g/mol. The zero-order valence-electron chi connectivity index (χ0n) is 8.06. The van der Waals surface area contributed by atoms with Crippen LogP contribution in [0.1, 0.15) is 25.0 Å². The van der Waals surface area contributed by atoms with Crippen LogP contribution in [0.3, 0.4) is 0 Å². The van der Waals surface area contributed by atoms with E-state index in [9.17, 15) is 8.78 Å². The first-order valence-corrected chi connectivity index (χ1v) is 4.20. The van der Waals surface area contributed by atoms with E-state index in [1.807, 2.05) is 13.8 Å². The summed E-state index contributed by atoms with van der Waals surface area (Å²) < 4.78 is 25.1. The van der Waals surface area contributed by atoms with E-state index in [0.29, 0.717) is 11.1 Å². The van der Waals surface area contributed by atoms with Crippen molar-refractivity contribution in [3.05, 3.63) is 34.9 Å². The van der Waals surface area contributed by atoms with Gasteiger partial charge in [-0.2, -0.15) is 0 Å². The lowest BCUT2D eigenvalue weighted by atomic mass is 10.1. The third kappa shape index (κ3) is 3.11. The molecule has 0 aromatic heterocycles. The second-order valence-corrected chi connectivity index (χ2v) is 2.33. The molecule has 0 aliphatic heterocycles. The minimum Gasteiger partial charge on any atom is -0.392 e. The summed E-state index contributed by atoms with van der Waals surface area (Å²) in [5.41, 5.74) is 0.594. The number of aliphatic hydroxyl groups excluding tert-OH is 1. The molecule has 0 bridgehead atoms. The summed E-state index contributed by atoms with van der Waals surface area (Å²) in [4.78, 5) is 0.